The van der Waals surface area contributed by atoms with Gasteiger partial charge in [0.1, 0.15) is 11.3 Å². The zero-order chi connectivity index (χ0) is 9.42. The standard InChI is InChI=1S/C9H7BrClNO/c10-5-1-2-7-6(3-5)9(12)8(4-11)13-7/h1-3H,4,12H2. The fourth-order valence-corrected chi connectivity index (χ4v) is 1.80. The molecule has 0 aliphatic rings. The number of nitrogen functional groups attached to an aromatic ring is 1. The molecule has 0 bridgehead atoms. The van der Waals surface area contributed by atoms with Crippen molar-refractivity contribution >= 4 is 44.2 Å². The van der Waals surface area contributed by atoms with Crippen molar-refractivity contribution in [3.05, 3.63) is 28.4 Å². The molecular weight excluding hydrogens is 253 g/mol. The number of fused-ring (bicyclic) bond motifs is 1. The lowest BCUT2D eigenvalue weighted by molar-refractivity contribution is 0.575. The van der Waals surface area contributed by atoms with Gasteiger partial charge >= 0.3 is 0 Å². The van der Waals surface area contributed by atoms with E-state index in [1.807, 2.05) is 18.2 Å². The van der Waals surface area contributed by atoms with E-state index in [-0.39, 0.29) is 0 Å². The third-order valence-electron chi connectivity index (χ3n) is 1.89. The van der Waals surface area contributed by atoms with Crippen molar-refractivity contribution in [1.82, 2.24) is 0 Å². The lowest BCUT2D eigenvalue weighted by Crippen LogP contribution is -1.86. The highest BCUT2D eigenvalue weighted by Crippen LogP contribution is 2.31. The molecule has 13 heavy (non-hydrogen) atoms. The van der Waals surface area contributed by atoms with E-state index in [4.69, 9.17) is 21.8 Å². The fraction of sp³-hybridized carbons (Fsp3) is 0.111. The van der Waals surface area contributed by atoms with Gasteiger partial charge in [-0.05, 0) is 18.2 Å². The number of alkyl halides is 1. The molecule has 0 aliphatic carbocycles. The van der Waals surface area contributed by atoms with Gasteiger partial charge in [-0.25, -0.2) is 0 Å². The van der Waals surface area contributed by atoms with Crippen molar-refractivity contribution in [3.63, 3.8) is 0 Å². The number of rotatable bonds is 1. The minimum Gasteiger partial charge on any atom is -0.458 e. The minimum atomic E-state index is 0.304. The van der Waals surface area contributed by atoms with E-state index in [2.05, 4.69) is 15.9 Å². The Morgan fingerprint density at radius 3 is 2.92 bits per heavy atom. The summed E-state index contributed by atoms with van der Waals surface area (Å²) < 4.78 is 6.41. The lowest BCUT2D eigenvalue weighted by atomic mass is 10.2. The Kier molecular flexibility index (Phi) is 2.22. The number of hydrogen-bond acceptors (Lipinski definition) is 2. The summed E-state index contributed by atoms with van der Waals surface area (Å²) in [7, 11) is 0. The summed E-state index contributed by atoms with van der Waals surface area (Å²) in [6, 6.07) is 5.69. The lowest BCUT2D eigenvalue weighted by Gasteiger charge is -1.90. The summed E-state index contributed by atoms with van der Waals surface area (Å²) >= 11 is 9.03. The molecule has 1 heterocycles. The first-order valence-electron chi connectivity index (χ1n) is 3.74. The maximum absolute atomic E-state index is 5.82. The molecule has 0 spiro atoms. The number of halogens is 2. The van der Waals surface area contributed by atoms with E-state index < -0.39 is 0 Å². The molecule has 1 aromatic heterocycles. The highest BCUT2D eigenvalue weighted by molar-refractivity contribution is 9.10. The summed E-state index contributed by atoms with van der Waals surface area (Å²) in [6.07, 6.45) is 0. The zero-order valence-corrected chi connectivity index (χ0v) is 9.02. The van der Waals surface area contributed by atoms with Crippen molar-refractivity contribution in [2.24, 2.45) is 0 Å². The fourth-order valence-electron chi connectivity index (χ4n) is 1.24. The van der Waals surface area contributed by atoms with Gasteiger partial charge < -0.3 is 10.2 Å². The Bertz CT molecular complexity index is 452. The second-order valence-electron chi connectivity index (χ2n) is 2.71. The molecule has 0 amide bonds. The summed E-state index contributed by atoms with van der Waals surface area (Å²) in [5, 5.41) is 0.907. The summed E-state index contributed by atoms with van der Waals surface area (Å²) in [5.41, 5.74) is 7.22. The van der Waals surface area contributed by atoms with Crippen LogP contribution in [-0.2, 0) is 5.88 Å². The maximum Gasteiger partial charge on any atom is 0.142 e. The molecule has 4 heteroatoms. The molecule has 0 fully saturated rings. The Hall–Kier alpha value is -0.670. The van der Waals surface area contributed by atoms with Gasteiger partial charge in [0.2, 0.25) is 0 Å². The average molecular weight is 261 g/mol. The van der Waals surface area contributed by atoms with Crippen LogP contribution in [0, 0.1) is 0 Å². The quantitative estimate of drug-likeness (QED) is 0.797. The first-order valence-corrected chi connectivity index (χ1v) is 5.07. The predicted octanol–water partition coefficient (Wildman–Crippen LogP) is 3.52. The first kappa shape index (κ1) is 8.91. The van der Waals surface area contributed by atoms with Gasteiger partial charge in [0.15, 0.2) is 0 Å². The molecule has 0 aliphatic heterocycles. The van der Waals surface area contributed by atoms with E-state index in [0.29, 0.717) is 17.3 Å². The topological polar surface area (TPSA) is 39.2 Å². The van der Waals surface area contributed by atoms with E-state index in [1.54, 1.807) is 0 Å². The maximum atomic E-state index is 5.82. The normalized spacial score (nSPS) is 10.9. The molecule has 2 rings (SSSR count). The molecule has 2 N–H and O–H groups in total. The molecule has 2 nitrogen and oxygen atoms in total. The van der Waals surface area contributed by atoms with Crippen molar-refractivity contribution in [3.8, 4) is 0 Å². The number of anilines is 1. The Morgan fingerprint density at radius 1 is 1.46 bits per heavy atom. The van der Waals surface area contributed by atoms with Crippen LogP contribution in [0.1, 0.15) is 5.76 Å². The molecular formula is C9H7BrClNO. The van der Waals surface area contributed by atoms with Gasteiger partial charge in [0.05, 0.1) is 11.6 Å². The third-order valence-corrected chi connectivity index (χ3v) is 2.62. The second-order valence-corrected chi connectivity index (χ2v) is 3.90. The van der Waals surface area contributed by atoms with Gasteiger partial charge in [-0.1, -0.05) is 15.9 Å². The van der Waals surface area contributed by atoms with E-state index in [9.17, 15) is 0 Å². The van der Waals surface area contributed by atoms with Gasteiger partial charge in [0, 0.05) is 9.86 Å². The molecule has 0 saturated heterocycles. The highest BCUT2D eigenvalue weighted by atomic mass is 79.9. The summed E-state index contributed by atoms with van der Waals surface area (Å²) in [4.78, 5) is 0. The number of benzene rings is 1. The second kappa shape index (κ2) is 3.24. The third kappa shape index (κ3) is 1.42. The van der Waals surface area contributed by atoms with Crippen molar-refractivity contribution in [1.29, 1.82) is 0 Å². The van der Waals surface area contributed by atoms with Gasteiger partial charge in [-0.2, -0.15) is 0 Å². The minimum absolute atomic E-state index is 0.304. The predicted molar refractivity (Wildman–Crippen MR) is 57.9 cm³/mol. The Morgan fingerprint density at radius 2 is 2.23 bits per heavy atom. The van der Waals surface area contributed by atoms with E-state index in [1.165, 1.54) is 0 Å². The van der Waals surface area contributed by atoms with Gasteiger partial charge in [-0.3, -0.25) is 0 Å². The van der Waals surface area contributed by atoms with E-state index >= 15 is 0 Å². The largest absolute Gasteiger partial charge is 0.458 e. The SMILES string of the molecule is Nc1c(CCl)oc2ccc(Br)cc12. The molecule has 0 unspecified atom stereocenters. The molecule has 0 radical (unpaired) electrons. The van der Waals surface area contributed by atoms with E-state index in [0.717, 1.165) is 15.4 Å². The molecule has 2 aromatic rings. The van der Waals surface area contributed by atoms with Crippen LogP contribution in [0.15, 0.2) is 27.1 Å². The van der Waals surface area contributed by atoms with Crippen molar-refractivity contribution < 1.29 is 4.42 Å². The van der Waals surface area contributed by atoms with Gasteiger partial charge in [-0.15, -0.1) is 11.6 Å². The zero-order valence-electron chi connectivity index (χ0n) is 6.68. The van der Waals surface area contributed by atoms with Crippen LogP contribution in [-0.4, -0.2) is 0 Å². The monoisotopic (exact) mass is 259 g/mol. The molecule has 1 aromatic carbocycles. The van der Waals surface area contributed by atoms with Crippen LogP contribution >= 0.6 is 27.5 Å². The summed E-state index contributed by atoms with van der Waals surface area (Å²) in [6.45, 7) is 0. The Labute approximate surface area is 88.8 Å². The van der Waals surface area contributed by atoms with Crippen LogP contribution < -0.4 is 5.73 Å². The molecule has 68 valence electrons. The molecule has 0 atom stereocenters. The Balaban J connectivity index is 2.77. The van der Waals surface area contributed by atoms with Gasteiger partial charge in [0.25, 0.3) is 0 Å². The van der Waals surface area contributed by atoms with Crippen molar-refractivity contribution in [2.45, 2.75) is 5.88 Å². The number of furan rings is 1. The number of hydrogen-bond donors (Lipinski definition) is 1. The van der Waals surface area contributed by atoms with Crippen LogP contribution in [0.25, 0.3) is 11.0 Å². The van der Waals surface area contributed by atoms with Crippen molar-refractivity contribution in [2.75, 3.05) is 5.73 Å². The van der Waals surface area contributed by atoms with Crippen LogP contribution in [0.4, 0.5) is 5.69 Å². The highest BCUT2D eigenvalue weighted by Gasteiger charge is 2.09. The number of nitrogens with two attached hydrogens (primary N) is 1. The van der Waals surface area contributed by atoms with Crippen LogP contribution in [0.3, 0.4) is 0 Å². The first-order chi connectivity index (χ1) is 6.22. The smallest absolute Gasteiger partial charge is 0.142 e. The van der Waals surface area contributed by atoms with Crippen LogP contribution in [0.2, 0.25) is 0 Å². The average Bonchev–Trinajstić information content (AvgIpc) is 2.44. The molecule has 0 saturated carbocycles. The van der Waals surface area contributed by atoms with Crippen LogP contribution in [0.5, 0.6) is 0 Å². The summed E-state index contributed by atoms with van der Waals surface area (Å²) in [5.74, 6) is 0.938.